The van der Waals surface area contributed by atoms with Crippen LogP contribution in [0.4, 0.5) is 4.39 Å². The number of hydrogen-bond acceptors (Lipinski definition) is 1. The van der Waals surface area contributed by atoms with Crippen LogP contribution in [0.2, 0.25) is 0 Å². The van der Waals surface area contributed by atoms with Crippen LogP contribution >= 0.6 is 0 Å². The predicted octanol–water partition coefficient (Wildman–Crippen LogP) is 2.62. The molecule has 0 aromatic heterocycles. The van der Waals surface area contributed by atoms with Gasteiger partial charge in [0.1, 0.15) is 12.4 Å². The normalized spacial score (nSPS) is 31.9. The lowest BCUT2D eigenvalue weighted by molar-refractivity contribution is -0.935. The third-order valence-electron chi connectivity index (χ3n) is 4.19. The van der Waals surface area contributed by atoms with Crippen LogP contribution in [0.15, 0.2) is 24.6 Å². The molecule has 0 aromatic carbocycles. The number of Topliss-reactive ketones (excluding diaryl/α,β-unsaturated/α-hetero) is 1. The summed E-state index contributed by atoms with van der Waals surface area (Å²) >= 11 is 0. The molecule has 3 rings (SSSR count). The third-order valence-corrected chi connectivity index (χ3v) is 4.19. The van der Waals surface area contributed by atoms with E-state index in [-0.39, 0.29) is 5.78 Å². The van der Waals surface area contributed by atoms with Crippen LogP contribution in [0.3, 0.4) is 0 Å². The van der Waals surface area contributed by atoms with E-state index in [4.69, 9.17) is 0 Å². The van der Waals surface area contributed by atoms with E-state index in [1.165, 1.54) is 25.3 Å². The Hall–Kier alpha value is -0.960. The van der Waals surface area contributed by atoms with Gasteiger partial charge in [-0.2, -0.15) is 0 Å². The lowest BCUT2D eigenvalue weighted by atomic mass is 9.85. The minimum atomic E-state index is -0.483. The zero-order chi connectivity index (χ0) is 12.3. The maximum Gasteiger partial charge on any atom is 0.190 e. The first-order chi connectivity index (χ1) is 8.10. The summed E-state index contributed by atoms with van der Waals surface area (Å²) in [7, 11) is 0. The molecule has 0 radical (unpaired) electrons. The van der Waals surface area contributed by atoms with Crippen molar-refractivity contribution < 1.29 is 13.7 Å². The van der Waals surface area contributed by atoms with E-state index in [0.29, 0.717) is 13.0 Å². The maximum atomic E-state index is 12.4. The van der Waals surface area contributed by atoms with Crippen LogP contribution in [0.25, 0.3) is 0 Å². The van der Waals surface area contributed by atoms with Crippen molar-refractivity contribution in [2.45, 2.75) is 25.7 Å². The van der Waals surface area contributed by atoms with Crippen LogP contribution in [0, 0.1) is 5.92 Å². The molecule has 3 aliphatic rings. The highest BCUT2D eigenvalue weighted by atomic mass is 19.1. The van der Waals surface area contributed by atoms with E-state index in [9.17, 15) is 9.18 Å². The molecule has 3 heterocycles. The van der Waals surface area contributed by atoms with Gasteiger partial charge >= 0.3 is 0 Å². The highest BCUT2D eigenvalue weighted by Crippen LogP contribution is 2.33. The summed E-state index contributed by atoms with van der Waals surface area (Å²) in [5.41, 5.74) is 0. The van der Waals surface area contributed by atoms with Crippen LogP contribution in [-0.2, 0) is 4.79 Å². The van der Waals surface area contributed by atoms with E-state index in [1.54, 1.807) is 6.08 Å². The van der Waals surface area contributed by atoms with Crippen LogP contribution in [0.5, 0.6) is 0 Å². The van der Waals surface area contributed by atoms with E-state index in [1.807, 2.05) is 0 Å². The molecule has 3 heteroatoms. The van der Waals surface area contributed by atoms with Crippen molar-refractivity contribution in [2.24, 2.45) is 5.92 Å². The first kappa shape index (κ1) is 12.5. The summed E-state index contributed by atoms with van der Waals surface area (Å²) in [4.78, 5) is 11.9. The van der Waals surface area contributed by atoms with Gasteiger partial charge in [-0.05, 0) is 31.3 Å². The average Bonchev–Trinajstić information content (AvgIpc) is 2.30. The number of allylic oxidation sites excluding steroid dienone is 3. The second-order valence-electron chi connectivity index (χ2n) is 5.49. The molecule has 2 nitrogen and oxygen atoms in total. The topological polar surface area (TPSA) is 17.1 Å². The fourth-order valence-electron chi connectivity index (χ4n) is 3.13. The Balaban J connectivity index is 1.83. The molecule has 2 bridgehead atoms. The molecular weight excluding hydrogens is 217 g/mol. The summed E-state index contributed by atoms with van der Waals surface area (Å²) in [6.45, 7) is 7.26. The fourth-order valence-corrected chi connectivity index (χ4v) is 3.13. The minimum Gasteiger partial charge on any atom is -0.317 e. The average molecular weight is 238 g/mol. The quantitative estimate of drug-likeness (QED) is 0.531. The Morgan fingerprint density at radius 1 is 1.29 bits per heavy atom. The summed E-state index contributed by atoms with van der Waals surface area (Å²) in [5, 5.41) is 0. The summed E-state index contributed by atoms with van der Waals surface area (Å²) in [5.74, 6) is 0.659. The highest BCUT2D eigenvalue weighted by molar-refractivity contribution is 5.81. The number of halogens is 1. The van der Waals surface area contributed by atoms with Gasteiger partial charge in [0, 0.05) is 6.42 Å². The molecular formula is C14H21FNO+. The van der Waals surface area contributed by atoms with Gasteiger partial charge in [-0.1, -0.05) is 12.7 Å². The number of piperidine rings is 3. The van der Waals surface area contributed by atoms with Crippen molar-refractivity contribution in [2.75, 3.05) is 26.2 Å². The molecule has 3 fully saturated rings. The molecule has 0 aliphatic carbocycles. The first-order valence-electron chi connectivity index (χ1n) is 6.47. The molecule has 0 N–H and O–H groups in total. The number of fused-ring (bicyclic) bond motifs is 3. The number of nitrogens with zero attached hydrogens (tertiary/aromatic N) is 1. The lowest BCUT2D eigenvalue weighted by Gasteiger charge is -2.48. The Morgan fingerprint density at radius 2 is 1.88 bits per heavy atom. The summed E-state index contributed by atoms with van der Waals surface area (Å²) in [6, 6.07) is 0. The zero-order valence-electron chi connectivity index (χ0n) is 10.3. The Morgan fingerprint density at radius 3 is 2.41 bits per heavy atom. The molecule has 3 aliphatic heterocycles. The van der Waals surface area contributed by atoms with Crippen molar-refractivity contribution in [1.82, 2.24) is 0 Å². The number of ketones is 1. The Bertz CT molecular complexity index is 326. The van der Waals surface area contributed by atoms with E-state index in [2.05, 4.69) is 6.58 Å². The van der Waals surface area contributed by atoms with E-state index in [0.717, 1.165) is 30.0 Å². The zero-order valence-corrected chi connectivity index (χ0v) is 10.3. The van der Waals surface area contributed by atoms with Gasteiger partial charge in [-0.15, -0.1) is 0 Å². The standard InChI is InChI=1S/C14H21FNO/c1-12(15)3-2-4-14(17)11-16-8-5-13(6-9-16)7-10-16/h2-3,13H,1,4-11H2/q+1. The molecule has 0 spiro atoms. The van der Waals surface area contributed by atoms with Crippen molar-refractivity contribution in [1.29, 1.82) is 0 Å². The number of carbonyl (C=O) groups is 1. The summed E-state index contributed by atoms with van der Waals surface area (Å²) < 4.78 is 13.3. The second-order valence-corrected chi connectivity index (χ2v) is 5.49. The molecule has 94 valence electrons. The highest BCUT2D eigenvalue weighted by Gasteiger charge is 2.40. The number of quaternary nitrogens is 1. The van der Waals surface area contributed by atoms with Gasteiger partial charge in [-0.25, -0.2) is 4.39 Å². The van der Waals surface area contributed by atoms with Gasteiger partial charge in [-0.3, -0.25) is 4.79 Å². The van der Waals surface area contributed by atoms with Crippen molar-refractivity contribution in [3.8, 4) is 0 Å². The SMILES string of the molecule is C=C(F)C=CCC(=O)C[N+]12CCC(CC1)CC2. The maximum absolute atomic E-state index is 12.4. The molecule has 0 amide bonds. The number of carbonyl (C=O) groups excluding carboxylic acids is 1. The molecule has 0 saturated carbocycles. The molecule has 0 atom stereocenters. The first-order valence-corrected chi connectivity index (χ1v) is 6.47. The van der Waals surface area contributed by atoms with Gasteiger partial charge < -0.3 is 4.48 Å². The molecule has 3 saturated heterocycles. The van der Waals surface area contributed by atoms with E-state index >= 15 is 0 Å². The fraction of sp³-hybridized carbons (Fsp3) is 0.643. The Kier molecular flexibility index (Phi) is 3.77. The molecule has 0 aromatic rings. The lowest BCUT2D eigenvalue weighted by Crippen LogP contribution is -2.60. The largest absolute Gasteiger partial charge is 0.317 e. The van der Waals surface area contributed by atoms with Crippen molar-refractivity contribution in [3.05, 3.63) is 24.6 Å². The van der Waals surface area contributed by atoms with Crippen LogP contribution in [-0.4, -0.2) is 36.4 Å². The smallest absolute Gasteiger partial charge is 0.190 e. The number of rotatable bonds is 5. The van der Waals surface area contributed by atoms with Gasteiger partial charge in [0.25, 0.3) is 0 Å². The third kappa shape index (κ3) is 3.25. The molecule has 0 unspecified atom stereocenters. The number of hydrogen-bond donors (Lipinski definition) is 0. The molecule has 17 heavy (non-hydrogen) atoms. The van der Waals surface area contributed by atoms with Gasteiger partial charge in [0.2, 0.25) is 0 Å². The minimum absolute atomic E-state index is 0.225. The monoisotopic (exact) mass is 238 g/mol. The summed E-state index contributed by atoms with van der Waals surface area (Å²) in [6.07, 6.45) is 7.05. The van der Waals surface area contributed by atoms with Crippen LogP contribution in [0.1, 0.15) is 25.7 Å². The second kappa shape index (κ2) is 5.13. The van der Waals surface area contributed by atoms with Gasteiger partial charge in [0.05, 0.1) is 19.6 Å². The van der Waals surface area contributed by atoms with Crippen LogP contribution < -0.4 is 0 Å². The predicted molar refractivity (Wildman–Crippen MR) is 66.1 cm³/mol. The van der Waals surface area contributed by atoms with Crippen molar-refractivity contribution in [3.63, 3.8) is 0 Å². The van der Waals surface area contributed by atoms with Gasteiger partial charge in [0.15, 0.2) is 5.78 Å². The van der Waals surface area contributed by atoms with Crippen molar-refractivity contribution >= 4 is 5.78 Å². The van der Waals surface area contributed by atoms with E-state index < -0.39 is 5.83 Å². The Labute approximate surface area is 102 Å².